The number of aliphatic carboxylic acids is 2. The van der Waals surface area contributed by atoms with Crippen LogP contribution < -0.4 is 10.2 Å². The van der Waals surface area contributed by atoms with Crippen LogP contribution in [0.5, 0.6) is 0 Å². The average molecular weight is 530 g/mol. The summed E-state index contributed by atoms with van der Waals surface area (Å²) in [7, 11) is 0. The van der Waals surface area contributed by atoms with Crippen LogP contribution in [0.25, 0.3) is 0 Å². The Bertz CT molecular complexity index is 302. The van der Waals surface area contributed by atoms with Gasteiger partial charge in [0.2, 0.25) is 0 Å². The molecule has 0 amide bonds. The van der Waals surface area contributed by atoms with E-state index in [1.807, 2.05) is 6.92 Å². The number of carbonyl (C=O) groups excluding carboxylic acids is 2. The van der Waals surface area contributed by atoms with E-state index in [1.54, 1.807) is 0 Å². The Balaban J connectivity index is -0.000000156. The van der Waals surface area contributed by atoms with Crippen molar-refractivity contribution in [1.82, 2.24) is 0 Å². The third-order valence-corrected chi connectivity index (χ3v) is 3.54. The molecule has 0 aliphatic rings. The molecule has 0 radical (unpaired) electrons. The summed E-state index contributed by atoms with van der Waals surface area (Å²) in [6, 6.07) is 0. The van der Waals surface area contributed by atoms with Gasteiger partial charge in [-0.1, -0.05) is 60.3 Å². The molecule has 0 aliphatic heterocycles. The third kappa shape index (κ3) is 27.3. The van der Waals surface area contributed by atoms with E-state index in [0.717, 1.165) is 38.5 Å². The molecule has 0 bridgehead atoms. The van der Waals surface area contributed by atoms with E-state index in [4.69, 9.17) is 0 Å². The number of rotatable bonds is 10. The molecule has 0 aromatic heterocycles. The second kappa shape index (κ2) is 19.7. The number of carbonyl (C=O) groups is 2. The second-order valence-corrected chi connectivity index (χ2v) is 7.06. The summed E-state index contributed by atoms with van der Waals surface area (Å²) in [4.78, 5) is 20.4. The number of carboxylic acids is 2. The zero-order chi connectivity index (χ0) is 17.6. The quantitative estimate of drug-likeness (QED) is 0.322. The molecule has 6 heteroatoms. The molecule has 0 fully saturated rings. The fourth-order valence-corrected chi connectivity index (χ4v) is 2.04. The van der Waals surface area contributed by atoms with Gasteiger partial charge in [-0.15, -0.1) is 0 Å². The summed E-state index contributed by atoms with van der Waals surface area (Å²) in [5.41, 5.74) is 0.376. The molecule has 0 saturated carbocycles. The van der Waals surface area contributed by atoms with Gasteiger partial charge in [0, 0.05) is 11.9 Å². The van der Waals surface area contributed by atoms with Crippen LogP contribution in [-0.2, 0) is 54.3 Å². The summed E-state index contributed by atoms with van der Waals surface area (Å²) in [6.07, 6.45) is 7.79. The van der Waals surface area contributed by atoms with Crippen LogP contribution >= 0.6 is 0 Å². The molecular weight excluding hydrogens is 496 g/mol. The minimum absolute atomic E-state index is 0. The monoisotopic (exact) mass is 528 g/mol. The molecule has 1 atom stereocenters. The third-order valence-electron chi connectivity index (χ3n) is 3.54. The summed E-state index contributed by atoms with van der Waals surface area (Å²) in [5, 5.41) is 20.4. The Hall–Kier alpha value is 0.421. The fraction of sp³-hybridized carbons (Fsp3) is 0.889. The predicted molar refractivity (Wildman–Crippen MR) is 85.9 cm³/mol. The summed E-state index contributed by atoms with van der Waals surface area (Å²) in [6.45, 7) is 10.5. The van der Waals surface area contributed by atoms with Gasteiger partial charge in [0.25, 0.3) is 0 Å². The molecule has 0 rings (SSSR count). The van der Waals surface area contributed by atoms with Crippen LogP contribution in [0.15, 0.2) is 0 Å². The Morgan fingerprint density at radius 2 is 1.46 bits per heavy atom. The molecule has 0 saturated heterocycles. The van der Waals surface area contributed by atoms with E-state index in [1.165, 1.54) is 6.42 Å². The predicted octanol–water partition coefficient (Wildman–Crippen LogP) is 2.68. The van der Waals surface area contributed by atoms with Crippen LogP contribution in [0.1, 0.15) is 92.4 Å². The van der Waals surface area contributed by atoms with Gasteiger partial charge in [-0.2, -0.15) is 0 Å². The van der Waals surface area contributed by atoms with Crippen molar-refractivity contribution in [3.8, 4) is 0 Å². The summed E-state index contributed by atoms with van der Waals surface area (Å²) in [5.74, 6) is -2.04. The molecule has 0 heterocycles. The molecule has 0 aliphatic carbocycles. The standard InChI is InChI=1S/C10H20O2.C8H16O2.2Ag/c1-10(2,3)8-6-4-5-7-9(11)12;1-3-5-6-7(4-2)8(9)10;;/h4-8H2,1-3H3,(H,11,12);7H,3-6H2,1-2H3,(H,9,10);;/q;;2*+1/p-2. The normalized spacial score (nSPS) is 11.2. The van der Waals surface area contributed by atoms with E-state index >= 15 is 0 Å². The van der Waals surface area contributed by atoms with E-state index in [-0.39, 0.29) is 57.1 Å². The van der Waals surface area contributed by atoms with Crippen LogP contribution in [-0.4, -0.2) is 11.9 Å². The molecule has 0 spiro atoms. The van der Waals surface area contributed by atoms with Crippen LogP contribution in [0.2, 0.25) is 0 Å². The molecule has 0 aromatic carbocycles. The van der Waals surface area contributed by atoms with Crippen LogP contribution in [0.3, 0.4) is 0 Å². The number of carboxylic acid groups (broad SMARTS) is 2. The first-order valence-corrected chi connectivity index (χ1v) is 8.54. The smallest absolute Gasteiger partial charge is 0.550 e. The van der Waals surface area contributed by atoms with Crippen molar-refractivity contribution in [2.45, 2.75) is 92.4 Å². The molecule has 4 nitrogen and oxygen atoms in total. The minimum atomic E-state index is -0.925. The summed E-state index contributed by atoms with van der Waals surface area (Å²) < 4.78 is 0. The van der Waals surface area contributed by atoms with Crippen molar-refractivity contribution in [3.63, 3.8) is 0 Å². The van der Waals surface area contributed by atoms with E-state index in [2.05, 4.69) is 27.7 Å². The summed E-state index contributed by atoms with van der Waals surface area (Å²) >= 11 is 0. The average Bonchev–Trinajstić information content (AvgIpc) is 2.38. The molecular formula is C18H34Ag2O4. The minimum Gasteiger partial charge on any atom is -0.550 e. The van der Waals surface area contributed by atoms with Gasteiger partial charge in [-0.3, -0.25) is 0 Å². The largest absolute Gasteiger partial charge is 1.00 e. The van der Waals surface area contributed by atoms with Gasteiger partial charge in [-0.25, -0.2) is 0 Å². The maximum absolute atomic E-state index is 10.3. The van der Waals surface area contributed by atoms with Crippen LogP contribution in [0, 0.1) is 11.3 Å². The van der Waals surface area contributed by atoms with Gasteiger partial charge in [0.05, 0.1) is 0 Å². The molecule has 1 unspecified atom stereocenters. The Kier molecular flexibility index (Phi) is 26.4. The van der Waals surface area contributed by atoms with Crippen molar-refractivity contribution in [2.24, 2.45) is 11.3 Å². The fourth-order valence-electron chi connectivity index (χ4n) is 2.04. The Morgan fingerprint density at radius 1 is 0.917 bits per heavy atom. The topological polar surface area (TPSA) is 80.3 Å². The Morgan fingerprint density at radius 3 is 1.79 bits per heavy atom. The van der Waals surface area contributed by atoms with Gasteiger partial charge in [-0.05, 0) is 43.4 Å². The first kappa shape index (κ1) is 32.1. The van der Waals surface area contributed by atoms with Crippen LogP contribution in [0.4, 0.5) is 0 Å². The maximum Gasteiger partial charge on any atom is 1.00 e. The van der Waals surface area contributed by atoms with E-state index in [9.17, 15) is 19.8 Å². The zero-order valence-electron chi connectivity index (χ0n) is 15.7. The van der Waals surface area contributed by atoms with Crippen molar-refractivity contribution < 1.29 is 64.6 Å². The van der Waals surface area contributed by atoms with Gasteiger partial charge < -0.3 is 19.8 Å². The van der Waals surface area contributed by atoms with Gasteiger partial charge >= 0.3 is 44.8 Å². The first-order chi connectivity index (χ1) is 10.1. The molecule has 24 heavy (non-hydrogen) atoms. The van der Waals surface area contributed by atoms with E-state index < -0.39 is 11.9 Å². The zero-order valence-corrected chi connectivity index (χ0v) is 18.6. The molecule has 152 valence electrons. The van der Waals surface area contributed by atoms with Crippen molar-refractivity contribution in [3.05, 3.63) is 0 Å². The van der Waals surface area contributed by atoms with Crippen molar-refractivity contribution >= 4 is 11.9 Å². The first-order valence-electron chi connectivity index (χ1n) is 8.54. The van der Waals surface area contributed by atoms with E-state index in [0.29, 0.717) is 11.8 Å². The maximum atomic E-state index is 10.3. The van der Waals surface area contributed by atoms with Crippen molar-refractivity contribution in [1.29, 1.82) is 0 Å². The second-order valence-electron chi connectivity index (χ2n) is 7.06. The van der Waals surface area contributed by atoms with Gasteiger partial charge in [0.15, 0.2) is 0 Å². The molecule has 0 aromatic rings. The SMILES string of the molecule is CC(C)(C)CCCCCC(=O)[O-].CCCCC(CC)C(=O)[O-].[Ag+].[Ag+]. The molecule has 0 N–H and O–H groups in total. The number of hydrogen-bond donors (Lipinski definition) is 0. The Labute approximate surface area is 179 Å². The van der Waals surface area contributed by atoms with Gasteiger partial charge in [0.1, 0.15) is 0 Å². The number of unbranched alkanes of at least 4 members (excludes halogenated alkanes) is 3. The van der Waals surface area contributed by atoms with Crippen molar-refractivity contribution in [2.75, 3.05) is 0 Å². The number of hydrogen-bond acceptors (Lipinski definition) is 4.